The van der Waals surface area contributed by atoms with E-state index in [-0.39, 0.29) is 49.3 Å². The smallest absolute Gasteiger partial charge is 0.278 e. The summed E-state index contributed by atoms with van der Waals surface area (Å²) in [5.74, 6) is -0.781. The van der Waals surface area contributed by atoms with Crippen LogP contribution in [0.2, 0.25) is 0 Å². The summed E-state index contributed by atoms with van der Waals surface area (Å²) in [5, 5.41) is 37.5. The van der Waals surface area contributed by atoms with Gasteiger partial charge in [0.05, 0.1) is 43.6 Å². The highest BCUT2D eigenvalue weighted by Gasteiger charge is 2.37. The lowest BCUT2D eigenvalue weighted by atomic mass is 9.91. The van der Waals surface area contributed by atoms with E-state index in [4.69, 9.17) is 9.84 Å². The average Bonchev–Trinajstić information content (AvgIpc) is 3.99. The number of pyridine rings is 1. The van der Waals surface area contributed by atoms with Crippen molar-refractivity contribution in [3.8, 4) is 0 Å². The van der Waals surface area contributed by atoms with Gasteiger partial charge < -0.3 is 35.7 Å². The van der Waals surface area contributed by atoms with Gasteiger partial charge in [-0.25, -0.2) is 9.97 Å². The molecule has 3 aliphatic rings. The van der Waals surface area contributed by atoms with Crippen molar-refractivity contribution in [2.75, 3.05) is 32.8 Å². The van der Waals surface area contributed by atoms with Crippen molar-refractivity contribution >= 4 is 23.0 Å². The van der Waals surface area contributed by atoms with Gasteiger partial charge in [0.25, 0.3) is 5.56 Å². The number of benzene rings is 2. The van der Waals surface area contributed by atoms with E-state index in [0.29, 0.717) is 43.6 Å². The lowest BCUT2D eigenvalue weighted by Gasteiger charge is -2.42. The Balaban J connectivity index is 0.000000281. The van der Waals surface area contributed by atoms with Crippen molar-refractivity contribution in [3.05, 3.63) is 124 Å². The number of aliphatic hydroxyl groups excluding tert-OH is 3. The summed E-state index contributed by atoms with van der Waals surface area (Å²) < 4.78 is 7.36. The second kappa shape index (κ2) is 20.2. The highest BCUT2D eigenvalue weighted by Crippen LogP contribution is 2.32. The summed E-state index contributed by atoms with van der Waals surface area (Å²) in [6.45, 7) is 8.75. The molecule has 2 saturated heterocycles. The van der Waals surface area contributed by atoms with Gasteiger partial charge in [0.2, 0.25) is 11.8 Å². The second-order valence-corrected chi connectivity index (χ2v) is 17.6. The van der Waals surface area contributed by atoms with Gasteiger partial charge >= 0.3 is 0 Å². The number of imidazole rings is 1. The van der Waals surface area contributed by atoms with Crippen molar-refractivity contribution < 1.29 is 29.6 Å². The SMILES string of the molecule is CC(C)(C)NC(=O)[C@@H]1CN(Cc2cccnc2)CCN1C[C@@H](O)C[C@@H](Cc1ccccc1)C(=O)N[C@H]1c2ccccc2C[C@H]1O.O=c1[nH]cnc2c1ncn2[C@H]1CC[C@@H](CO)O1. The van der Waals surface area contributed by atoms with Gasteiger partial charge in [-0.1, -0.05) is 60.7 Å². The van der Waals surface area contributed by atoms with Gasteiger partial charge in [0.1, 0.15) is 12.3 Å². The van der Waals surface area contributed by atoms with E-state index in [9.17, 15) is 24.6 Å². The fourth-order valence-electron chi connectivity index (χ4n) is 8.66. The predicted molar refractivity (Wildman–Crippen MR) is 232 cm³/mol. The molecule has 2 aliphatic heterocycles. The molecule has 1 aliphatic carbocycles. The van der Waals surface area contributed by atoms with Crippen LogP contribution in [0.3, 0.4) is 0 Å². The Hall–Kier alpha value is -5.36. The largest absolute Gasteiger partial charge is 0.394 e. The molecule has 0 saturated carbocycles. The third kappa shape index (κ3) is 11.4. The molecule has 16 nitrogen and oxygen atoms in total. The molecular formula is C46H59N9O7. The van der Waals surface area contributed by atoms with Crippen LogP contribution in [0.25, 0.3) is 11.2 Å². The Labute approximate surface area is 361 Å². The number of carbonyl (C=O) groups is 2. The lowest BCUT2D eigenvalue weighted by molar-refractivity contribution is -0.132. The Morgan fingerprint density at radius 3 is 2.52 bits per heavy atom. The Morgan fingerprint density at radius 2 is 1.77 bits per heavy atom. The molecule has 3 aromatic heterocycles. The molecule has 8 rings (SSSR count). The first-order chi connectivity index (χ1) is 29.8. The van der Waals surface area contributed by atoms with Crippen LogP contribution in [-0.4, -0.2) is 124 Å². The van der Waals surface area contributed by atoms with Crippen LogP contribution in [0.5, 0.6) is 0 Å². The van der Waals surface area contributed by atoms with Crippen molar-refractivity contribution in [1.82, 2.24) is 44.9 Å². The number of nitrogens with one attached hydrogen (secondary N) is 3. The van der Waals surface area contributed by atoms with Gasteiger partial charge in [-0.15, -0.1) is 0 Å². The number of rotatable bonds is 13. The van der Waals surface area contributed by atoms with Crippen LogP contribution >= 0.6 is 0 Å². The maximum Gasteiger partial charge on any atom is 0.278 e. The highest BCUT2D eigenvalue weighted by molar-refractivity contribution is 5.83. The monoisotopic (exact) mass is 849 g/mol. The number of nitrogens with zero attached hydrogens (tertiary/aromatic N) is 6. The Morgan fingerprint density at radius 1 is 1.00 bits per heavy atom. The van der Waals surface area contributed by atoms with E-state index >= 15 is 0 Å². The van der Waals surface area contributed by atoms with Crippen molar-refractivity contribution in [2.45, 2.75) is 102 Å². The molecule has 2 amide bonds. The third-order valence-electron chi connectivity index (χ3n) is 11.7. The van der Waals surface area contributed by atoms with E-state index in [0.717, 1.165) is 41.6 Å². The number of H-pyrrole nitrogens is 1. The van der Waals surface area contributed by atoms with Gasteiger partial charge in [-0.2, -0.15) is 0 Å². The minimum atomic E-state index is -0.833. The molecule has 6 N–H and O–H groups in total. The maximum atomic E-state index is 13.8. The third-order valence-corrected chi connectivity index (χ3v) is 11.7. The molecule has 5 heterocycles. The van der Waals surface area contributed by atoms with E-state index in [1.165, 1.54) is 6.33 Å². The Bertz CT molecular complexity index is 2300. The number of carbonyl (C=O) groups excluding carboxylic acids is 2. The van der Waals surface area contributed by atoms with Gasteiger partial charge in [0.15, 0.2) is 11.2 Å². The van der Waals surface area contributed by atoms with E-state index in [1.807, 2.05) is 93.7 Å². The molecule has 16 heteroatoms. The van der Waals surface area contributed by atoms with Crippen LogP contribution in [-0.2, 0) is 33.7 Å². The summed E-state index contributed by atoms with van der Waals surface area (Å²) in [6.07, 6.45) is 7.40. The minimum Gasteiger partial charge on any atom is -0.394 e. The number of aromatic nitrogens is 5. The van der Waals surface area contributed by atoms with Crippen molar-refractivity contribution in [2.24, 2.45) is 5.92 Å². The fraction of sp³-hybridized carbons (Fsp3) is 0.478. The van der Waals surface area contributed by atoms with Crippen molar-refractivity contribution in [1.29, 1.82) is 0 Å². The van der Waals surface area contributed by atoms with E-state index < -0.39 is 35.7 Å². The van der Waals surface area contributed by atoms with Gasteiger partial charge in [0, 0.05) is 63.0 Å². The van der Waals surface area contributed by atoms with Crippen LogP contribution < -0.4 is 16.2 Å². The van der Waals surface area contributed by atoms with Crippen LogP contribution in [0, 0.1) is 5.92 Å². The number of aromatic amines is 1. The van der Waals surface area contributed by atoms with Gasteiger partial charge in [-0.3, -0.25) is 33.7 Å². The zero-order chi connectivity index (χ0) is 43.8. The zero-order valence-corrected chi connectivity index (χ0v) is 35.6. The summed E-state index contributed by atoms with van der Waals surface area (Å²) in [7, 11) is 0. The number of amides is 2. The molecule has 7 atom stereocenters. The maximum absolute atomic E-state index is 13.8. The van der Waals surface area contributed by atoms with Crippen LogP contribution in [0.15, 0.2) is 96.6 Å². The van der Waals surface area contributed by atoms with Crippen LogP contribution in [0.1, 0.15) is 74.6 Å². The predicted octanol–water partition coefficient (Wildman–Crippen LogP) is 2.66. The molecule has 5 aromatic rings. The van der Waals surface area contributed by atoms with Gasteiger partial charge in [-0.05, 0) is 74.8 Å². The first-order valence-electron chi connectivity index (χ1n) is 21.5. The zero-order valence-electron chi connectivity index (χ0n) is 35.6. The quantitative estimate of drug-likeness (QED) is 0.101. The molecule has 2 aromatic carbocycles. The number of fused-ring (bicyclic) bond motifs is 2. The number of piperazine rings is 1. The number of ether oxygens (including phenoxy) is 1. The molecule has 0 unspecified atom stereocenters. The molecule has 0 radical (unpaired) electrons. The number of aliphatic hydroxyl groups is 3. The molecule has 0 bridgehead atoms. The van der Waals surface area contributed by atoms with E-state index in [2.05, 4.69) is 40.4 Å². The highest BCUT2D eigenvalue weighted by atomic mass is 16.5. The summed E-state index contributed by atoms with van der Waals surface area (Å²) in [4.78, 5) is 58.0. The molecule has 62 heavy (non-hydrogen) atoms. The summed E-state index contributed by atoms with van der Waals surface area (Å²) >= 11 is 0. The number of hydrogen-bond donors (Lipinski definition) is 6. The first kappa shape index (κ1) is 44.7. The minimum absolute atomic E-state index is 0.0111. The molecular weight excluding hydrogens is 791 g/mol. The summed E-state index contributed by atoms with van der Waals surface area (Å²) in [6, 6.07) is 20.6. The second-order valence-electron chi connectivity index (χ2n) is 17.6. The summed E-state index contributed by atoms with van der Waals surface area (Å²) in [5.41, 5.74) is 4.24. The number of β-amino-alcohol motifs (C(OH)–C–C–N with tert-alkyl or cyclic N) is 1. The molecule has 0 spiro atoms. The Kier molecular flexibility index (Phi) is 14.6. The molecule has 2 fully saturated rings. The average molecular weight is 850 g/mol. The topological polar surface area (TPSA) is 211 Å². The first-order valence-corrected chi connectivity index (χ1v) is 21.5. The number of hydrogen-bond acceptors (Lipinski definition) is 12. The molecule has 330 valence electrons. The lowest BCUT2D eigenvalue weighted by Crippen LogP contribution is -2.61. The normalized spacial score (nSPS) is 22.6. The standard InChI is InChI=1S/C36H47N5O4.C10H12N4O3/c1-36(2,3)39-35(45)31-24-40(22-26-12-9-15-37-21-26)16-17-41(31)23-29(42)19-28(18-25-10-5-4-6-11-25)34(44)38-33-30-14-8-7-13-27(30)20-32(33)43;15-3-6-1-2-7(17-6)14-5-13-8-9(14)11-4-12-10(8)16/h4-15,21,28-29,31-33,42-43H,16-20,22-24H2,1-3H3,(H,38,44)(H,39,45);4-7,15H,1-3H2,(H,11,12,16)/t28-,29+,31+,32-,33+;6-,7+/m10/s1. The van der Waals surface area contributed by atoms with Crippen LogP contribution in [0.4, 0.5) is 0 Å². The van der Waals surface area contributed by atoms with Crippen molar-refractivity contribution in [3.63, 3.8) is 0 Å². The fourth-order valence-corrected chi connectivity index (χ4v) is 8.66. The van der Waals surface area contributed by atoms with E-state index in [1.54, 1.807) is 17.1 Å².